The van der Waals surface area contributed by atoms with Crippen LogP contribution in [0.5, 0.6) is 23.0 Å². The molecule has 0 atom stereocenters. The summed E-state index contributed by atoms with van der Waals surface area (Å²) in [6, 6.07) is 135. The lowest BCUT2D eigenvalue weighted by molar-refractivity contribution is 0.436. The zero-order chi connectivity index (χ0) is 81.8. The molecule has 2 spiro atoms. The van der Waals surface area contributed by atoms with Crippen LogP contribution in [-0.2, 0) is 21.7 Å². The lowest BCUT2D eigenvalue weighted by Gasteiger charge is -2.39. The maximum absolute atomic E-state index is 7.06. The number of rotatable bonds is 6. The molecule has 4 aliphatic carbocycles. The van der Waals surface area contributed by atoms with Crippen LogP contribution in [0.25, 0.3) is 132 Å². The molecule has 0 bridgehead atoms. The van der Waals surface area contributed by atoms with Gasteiger partial charge in [0.1, 0.15) is 62.1 Å². The van der Waals surface area contributed by atoms with Crippen LogP contribution in [-0.4, -0.2) is 0 Å². The van der Waals surface area contributed by atoms with Gasteiger partial charge >= 0.3 is 0 Å². The topological polar surface area (TPSA) is 77.5 Å². The molecule has 0 fully saturated rings. The number of benzene rings is 18. The first-order valence-corrected chi connectivity index (χ1v) is 42.8. The second-order valence-corrected chi connectivity index (χ2v) is 35.0. The molecule has 18 aromatic carbocycles. The molecule has 8 heteroatoms. The van der Waals surface area contributed by atoms with E-state index < -0.39 is 10.8 Å². The van der Waals surface area contributed by atoms with E-state index in [1.807, 2.05) is 18.2 Å². The first-order valence-electron chi connectivity index (χ1n) is 42.8. The molecule has 4 aromatic heterocycles. The SMILES string of the molecule is CC1(C)c2ccccc2-c2c(N(c3ccc4c(c3)oc3ccccc34)c3cccc4oc5cc6c(cc5c34)-c3ccccc3C63c4ccccc4Oc4ccccc43)cccc21.CC1(C)c2ccccc2-c2ccc(N(c3cccc4c3oc3ccccc34)c3cccc4oc5cc6c(cc5c34)-c3ccccc3C63c4ccccc4Oc4ccccc43)cc21. The number of fused-ring (bicyclic) bond motifs is 36. The van der Waals surface area contributed by atoms with Gasteiger partial charge < -0.3 is 36.9 Å². The molecule has 584 valence electrons. The molecule has 2 aliphatic heterocycles. The second-order valence-electron chi connectivity index (χ2n) is 35.0. The van der Waals surface area contributed by atoms with Gasteiger partial charge in [0.2, 0.25) is 0 Å². The van der Waals surface area contributed by atoms with E-state index in [-0.39, 0.29) is 10.8 Å². The Balaban J connectivity index is 0.000000130. The zero-order valence-electron chi connectivity index (χ0n) is 68.1. The Labute approximate surface area is 713 Å². The van der Waals surface area contributed by atoms with Gasteiger partial charge in [-0.3, -0.25) is 0 Å². The molecule has 8 nitrogen and oxygen atoms in total. The highest BCUT2D eigenvalue weighted by molar-refractivity contribution is 6.20. The van der Waals surface area contributed by atoms with Crippen molar-refractivity contribution in [2.45, 2.75) is 49.4 Å². The fourth-order valence-electron chi connectivity index (χ4n) is 23.0. The maximum Gasteiger partial charge on any atom is 0.159 e. The van der Waals surface area contributed by atoms with Crippen LogP contribution in [0, 0.1) is 0 Å². The average molecular weight is 1590 g/mol. The molecule has 0 N–H and O–H groups in total. The third-order valence-corrected chi connectivity index (χ3v) is 28.3. The minimum absolute atomic E-state index is 0.171. The molecule has 6 heterocycles. The molecule has 0 unspecified atom stereocenters. The summed E-state index contributed by atoms with van der Waals surface area (Å²) in [7, 11) is 0. The lowest BCUT2D eigenvalue weighted by atomic mass is 9.66. The summed E-state index contributed by atoms with van der Waals surface area (Å²) in [4.78, 5) is 4.84. The summed E-state index contributed by atoms with van der Waals surface area (Å²) in [5.41, 5.74) is 36.1. The Morgan fingerprint density at radius 2 is 0.556 bits per heavy atom. The summed E-state index contributed by atoms with van der Waals surface area (Å²) in [6.07, 6.45) is 0. The first-order chi connectivity index (χ1) is 61.0. The summed E-state index contributed by atoms with van der Waals surface area (Å²) in [5, 5.41) is 8.63. The normalized spacial score (nSPS) is 14.7. The number of ether oxygens (including phenoxy) is 2. The summed E-state index contributed by atoms with van der Waals surface area (Å²) < 4.78 is 40.8. The molecule has 6 aliphatic rings. The number of anilines is 6. The predicted octanol–water partition coefficient (Wildman–Crippen LogP) is 31.5. The van der Waals surface area contributed by atoms with Crippen LogP contribution in [0.4, 0.5) is 34.1 Å². The molecule has 0 amide bonds. The van der Waals surface area contributed by atoms with Crippen LogP contribution in [0.15, 0.2) is 394 Å². The average Bonchev–Trinajstić information content (AvgIpc) is 1.51. The van der Waals surface area contributed by atoms with Gasteiger partial charge in [0.05, 0.1) is 44.4 Å². The van der Waals surface area contributed by atoms with Crippen molar-refractivity contribution in [3.05, 3.63) is 443 Å². The van der Waals surface area contributed by atoms with Crippen molar-refractivity contribution in [3.8, 4) is 67.5 Å². The summed E-state index contributed by atoms with van der Waals surface area (Å²) in [6.45, 7) is 9.38. The fraction of sp³-hybridized carbons (Fsp3) is 0.0690. The van der Waals surface area contributed by atoms with Gasteiger partial charge in [0.15, 0.2) is 5.58 Å². The van der Waals surface area contributed by atoms with Gasteiger partial charge in [-0.1, -0.05) is 276 Å². The minimum atomic E-state index is -0.592. The van der Waals surface area contributed by atoms with Crippen LogP contribution in [0.1, 0.15) is 94.5 Å². The van der Waals surface area contributed by atoms with Gasteiger partial charge in [-0.05, 0) is 205 Å². The zero-order valence-corrected chi connectivity index (χ0v) is 68.1. The van der Waals surface area contributed by atoms with Crippen LogP contribution >= 0.6 is 0 Å². The molecule has 0 radical (unpaired) electrons. The van der Waals surface area contributed by atoms with E-state index >= 15 is 0 Å². The van der Waals surface area contributed by atoms with Crippen molar-refractivity contribution in [2.75, 3.05) is 9.80 Å². The molecule has 0 saturated heterocycles. The highest BCUT2D eigenvalue weighted by Crippen LogP contribution is 2.67. The first kappa shape index (κ1) is 69.2. The van der Waals surface area contributed by atoms with Crippen LogP contribution < -0.4 is 19.3 Å². The number of hydrogen-bond donors (Lipinski definition) is 0. The number of nitrogens with zero attached hydrogens (tertiary/aromatic N) is 2. The highest BCUT2D eigenvalue weighted by atomic mass is 16.5. The van der Waals surface area contributed by atoms with Crippen molar-refractivity contribution in [3.63, 3.8) is 0 Å². The molecular weight excluding hydrogens is 1520 g/mol. The Kier molecular flexibility index (Phi) is 14.0. The standard InChI is InChI=1S/2C58H37NO3/c1-57(2)41-18-6-4-17-38(41)55-45(57)22-13-23-47(55)59(34-29-30-37-36-16-5-10-25-49(36)60-53(37)31-34)48-24-14-28-52-56(48)40-32-39-35-15-3-7-19-42(35)58(46(39)33-54(40)62-52)43-20-8-11-26-50(43)61-51-27-12-9-21-44(51)58;1-57(2)42-19-6-3-15-35(42)37-30-29-34(31-46(37)57)59(49-24-13-18-39-38-17-5-10-25-50(38)62-56(39)49)48-23-14-28-53-55(48)41-32-40-36-16-4-7-20-43(36)58(47(40)33-54(41)61-53)44-21-8-11-26-51(44)60-52-27-12-9-22-45(52)58/h2*3-33H,1-2H3. The van der Waals surface area contributed by atoms with E-state index in [1.54, 1.807) is 0 Å². The van der Waals surface area contributed by atoms with Gasteiger partial charge in [0, 0.05) is 88.4 Å². The number of para-hydroxylation sites is 7. The van der Waals surface area contributed by atoms with Crippen molar-refractivity contribution in [2.24, 2.45) is 0 Å². The third kappa shape index (κ3) is 9.09. The van der Waals surface area contributed by atoms with E-state index in [0.29, 0.717) is 0 Å². The van der Waals surface area contributed by atoms with E-state index in [1.165, 1.54) is 89.0 Å². The van der Waals surface area contributed by atoms with Gasteiger partial charge in [0.25, 0.3) is 0 Å². The minimum Gasteiger partial charge on any atom is -0.457 e. The quantitative estimate of drug-likeness (QED) is 0.163. The highest BCUT2D eigenvalue weighted by Gasteiger charge is 2.54. The van der Waals surface area contributed by atoms with E-state index in [4.69, 9.17) is 27.1 Å². The number of hydrogen-bond acceptors (Lipinski definition) is 8. The second kappa shape index (κ2) is 25.0. The van der Waals surface area contributed by atoms with Crippen molar-refractivity contribution < 1.29 is 27.1 Å². The van der Waals surface area contributed by atoms with Gasteiger partial charge in [-0.25, -0.2) is 0 Å². The molecule has 22 aromatic rings. The Bertz CT molecular complexity index is 8360. The van der Waals surface area contributed by atoms with Crippen LogP contribution in [0.3, 0.4) is 0 Å². The lowest BCUT2D eigenvalue weighted by Crippen LogP contribution is -2.32. The molecular formula is C116H74N2O6. The van der Waals surface area contributed by atoms with Crippen molar-refractivity contribution in [1.29, 1.82) is 0 Å². The molecule has 124 heavy (non-hydrogen) atoms. The van der Waals surface area contributed by atoms with Crippen molar-refractivity contribution >= 4 is 122 Å². The van der Waals surface area contributed by atoms with E-state index in [2.05, 4.69) is 395 Å². The Morgan fingerprint density at radius 1 is 0.202 bits per heavy atom. The maximum atomic E-state index is 7.06. The Hall–Kier alpha value is -15.6. The largest absolute Gasteiger partial charge is 0.457 e. The summed E-state index contributed by atoms with van der Waals surface area (Å²) in [5.74, 6) is 3.49. The van der Waals surface area contributed by atoms with E-state index in [0.717, 1.165) is 167 Å². The molecule has 0 saturated carbocycles. The number of furan rings is 4. The Morgan fingerprint density at radius 3 is 1.12 bits per heavy atom. The van der Waals surface area contributed by atoms with E-state index in [9.17, 15) is 0 Å². The smallest absolute Gasteiger partial charge is 0.159 e. The molecule has 28 rings (SSSR count). The predicted molar refractivity (Wildman–Crippen MR) is 501 cm³/mol. The monoisotopic (exact) mass is 1590 g/mol. The van der Waals surface area contributed by atoms with Gasteiger partial charge in [-0.2, -0.15) is 0 Å². The summed E-state index contributed by atoms with van der Waals surface area (Å²) >= 11 is 0. The third-order valence-electron chi connectivity index (χ3n) is 28.3. The van der Waals surface area contributed by atoms with Gasteiger partial charge in [-0.15, -0.1) is 0 Å². The van der Waals surface area contributed by atoms with Crippen molar-refractivity contribution in [1.82, 2.24) is 0 Å². The fourth-order valence-corrected chi connectivity index (χ4v) is 23.0. The van der Waals surface area contributed by atoms with Crippen LogP contribution in [0.2, 0.25) is 0 Å².